The van der Waals surface area contributed by atoms with Crippen molar-refractivity contribution in [2.24, 2.45) is 11.7 Å². The van der Waals surface area contributed by atoms with Gasteiger partial charge in [-0.1, -0.05) is 20.3 Å². The zero-order valence-corrected chi connectivity index (χ0v) is 10.7. The first-order chi connectivity index (χ1) is 8.06. The van der Waals surface area contributed by atoms with Crippen LogP contribution in [0.5, 0.6) is 0 Å². The molecule has 0 saturated carbocycles. The summed E-state index contributed by atoms with van der Waals surface area (Å²) in [5.41, 5.74) is 6.91. The van der Waals surface area contributed by atoms with Crippen LogP contribution < -0.4 is 11.1 Å². The number of rotatable bonds is 5. The van der Waals surface area contributed by atoms with E-state index in [1.807, 2.05) is 32.9 Å². The molecule has 0 aromatic carbocycles. The monoisotopic (exact) mass is 235 g/mol. The first kappa shape index (κ1) is 13.6. The van der Waals surface area contributed by atoms with E-state index in [0.717, 1.165) is 12.0 Å². The minimum Gasteiger partial charge on any atom is -0.348 e. The molecule has 0 aliphatic carbocycles. The summed E-state index contributed by atoms with van der Waals surface area (Å²) in [7, 11) is 0. The average molecular weight is 235 g/mol. The Bertz CT molecular complexity index is 353. The molecular formula is C13H21N3O. The summed E-state index contributed by atoms with van der Waals surface area (Å²) >= 11 is 0. The SMILES string of the molecule is CCC(C)C(N)C(=O)N[C@H](C)c1ccncc1. The lowest BCUT2D eigenvalue weighted by Crippen LogP contribution is -2.45. The number of nitrogens with one attached hydrogen (secondary N) is 1. The fraction of sp³-hybridized carbons (Fsp3) is 0.538. The predicted molar refractivity (Wildman–Crippen MR) is 68.2 cm³/mol. The van der Waals surface area contributed by atoms with Crippen molar-refractivity contribution in [1.82, 2.24) is 10.3 Å². The summed E-state index contributed by atoms with van der Waals surface area (Å²) in [5, 5.41) is 2.92. The highest BCUT2D eigenvalue weighted by molar-refractivity contribution is 5.82. The molecule has 4 nitrogen and oxygen atoms in total. The van der Waals surface area contributed by atoms with E-state index in [1.165, 1.54) is 0 Å². The van der Waals surface area contributed by atoms with E-state index in [4.69, 9.17) is 5.73 Å². The zero-order chi connectivity index (χ0) is 12.8. The molecule has 0 aliphatic rings. The van der Waals surface area contributed by atoms with Gasteiger partial charge in [0.25, 0.3) is 0 Å². The van der Waals surface area contributed by atoms with E-state index in [1.54, 1.807) is 12.4 Å². The molecule has 1 aromatic rings. The number of amides is 1. The topological polar surface area (TPSA) is 68.0 Å². The second kappa shape index (κ2) is 6.35. The Morgan fingerprint density at radius 1 is 1.41 bits per heavy atom. The molecule has 1 rings (SSSR count). The first-order valence-electron chi connectivity index (χ1n) is 6.02. The molecule has 2 unspecified atom stereocenters. The third-order valence-corrected chi connectivity index (χ3v) is 3.12. The number of nitrogens with two attached hydrogens (primary N) is 1. The van der Waals surface area contributed by atoms with Gasteiger partial charge in [0, 0.05) is 12.4 Å². The summed E-state index contributed by atoms with van der Waals surface area (Å²) < 4.78 is 0. The molecule has 0 radical (unpaired) electrons. The Kier molecular flexibility index (Phi) is 5.10. The maximum Gasteiger partial charge on any atom is 0.237 e. The van der Waals surface area contributed by atoms with Gasteiger partial charge in [0.1, 0.15) is 0 Å². The van der Waals surface area contributed by atoms with Crippen LogP contribution in [0.2, 0.25) is 0 Å². The van der Waals surface area contributed by atoms with E-state index in [2.05, 4.69) is 10.3 Å². The summed E-state index contributed by atoms with van der Waals surface area (Å²) in [6.07, 6.45) is 4.33. The third-order valence-electron chi connectivity index (χ3n) is 3.12. The summed E-state index contributed by atoms with van der Waals surface area (Å²) in [5.74, 6) is 0.100. The van der Waals surface area contributed by atoms with Crippen LogP contribution in [0, 0.1) is 5.92 Å². The van der Waals surface area contributed by atoms with Crippen molar-refractivity contribution < 1.29 is 4.79 Å². The van der Waals surface area contributed by atoms with Crippen molar-refractivity contribution in [3.05, 3.63) is 30.1 Å². The number of aromatic nitrogens is 1. The normalized spacial score (nSPS) is 16.0. The number of carbonyl (C=O) groups is 1. The molecule has 0 aliphatic heterocycles. The molecule has 3 N–H and O–H groups in total. The van der Waals surface area contributed by atoms with Crippen LogP contribution in [-0.4, -0.2) is 16.9 Å². The molecule has 4 heteroatoms. The molecular weight excluding hydrogens is 214 g/mol. The van der Waals surface area contributed by atoms with Gasteiger partial charge >= 0.3 is 0 Å². The van der Waals surface area contributed by atoms with Crippen molar-refractivity contribution in [1.29, 1.82) is 0 Å². The summed E-state index contributed by atoms with van der Waals surface area (Å²) in [6, 6.07) is 3.30. The second-order valence-electron chi connectivity index (χ2n) is 4.42. The summed E-state index contributed by atoms with van der Waals surface area (Å²) in [6.45, 7) is 5.96. The zero-order valence-electron chi connectivity index (χ0n) is 10.7. The van der Waals surface area contributed by atoms with Gasteiger partial charge in [-0.05, 0) is 30.5 Å². The molecule has 0 spiro atoms. The van der Waals surface area contributed by atoms with Crippen LogP contribution in [-0.2, 0) is 4.79 Å². The predicted octanol–water partition coefficient (Wildman–Crippen LogP) is 1.63. The smallest absolute Gasteiger partial charge is 0.237 e. The van der Waals surface area contributed by atoms with Crippen molar-refractivity contribution in [2.45, 2.75) is 39.3 Å². The Morgan fingerprint density at radius 3 is 2.53 bits per heavy atom. The molecule has 1 heterocycles. The fourth-order valence-corrected chi connectivity index (χ4v) is 1.56. The number of pyridine rings is 1. The lowest BCUT2D eigenvalue weighted by Gasteiger charge is -2.21. The van der Waals surface area contributed by atoms with Gasteiger partial charge in [0.05, 0.1) is 12.1 Å². The highest BCUT2D eigenvalue weighted by Gasteiger charge is 2.20. The van der Waals surface area contributed by atoms with Gasteiger partial charge in [0.2, 0.25) is 5.91 Å². The molecule has 94 valence electrons. The number of carbonyl (C=O) groups excluding carboxylic acids is 1. The van der Waals surface area contributed by atoms with Crippen molar-refractivity contribution in [3.8, 4) is 0 Å². The maximum atomic E-state index is 11.9. The van der Waals surface area contributed by atoms with Gasteiger partial charge in [0.15, 0.2) is 0 Å². The molecule has 0 saturated heterocycles. The highest BCUT2D eigenvalue weighted by atomic mass is 16.2. The van der Waals surface area contributed by atoms with Crippen molar-refractivity contribution >= 4 is 5.91 Å². The lowest BCUT2D eigenvalue weighted by atomic mass is 9.99. The standard InChI is InChI=1S/C13H21N3O/c1-4-9(2)12(14)13(17)16-10(3)11-5-7-15-8-6-11/h5-10,12H,4,14H2,1-3H3,(H,16,17)/t9?,10-,12?/m1/s1. The van der Waals surface area contributed by atoms with E-state index in [-0.39, 0.29) is 17.9 Å². The maximum absolute atomic E-state index is 11.9. The quantitative estimate of drug-likeness (QED) is 0.815. The fourth-order valence-electron chi connectivity index (χ4n) is 1.56. The highest BCUT2D eigenvalue weighted by Crippen LogP contribution is 2.12. The summed E-state index contributed by atoms with van der Waals surface area (Å²) in [4.78, 5) is 15.8. The van der Waals surface area contributed by atoms with Crippen LogP contribution >= 0.6 is 0 Å². The van der Waals surface area contributed by atoms with Gasteiger partial charge in [-0.3, -0.25) is 9.78 Å². The van der Waals surface area contributed by atoms with Crippen LogP contribution in [0.25, 0.3) is 0 Å². The van der Waals surface area contributed by atoms with Crippen molar-refractivity contribution in [2.75, 3.05) is 0 Å². The molecule has 3 atom stereocenters. The molecule has 1 aromatic heterocycles. The number of nitrogens with zero attached hydrogens (tertiary/aromatic N) is 1. The second-order valence-corrected chi connectivity index (χ2v) is 4.42. The van der Waals surface area contributed by atoms with Crippen LogP contribution in [0.15, 0.2) is 24.5 Å². The van der Waals surface area contributed by atoms with E-state index >= 15 is 0 Å². The Hall–Kier alpha value is -1.42. The van der Waals surface area contributed by atoms with E-state index in [9.17, 15) is 4.79 Å². The van der Waals surface area contributed by atoms with Crippen LogP contribution in [0.4, 0.5) is 0 Å². The van der Waals surface area contributed by atoms with Crippen molar-refractivity contribution in [3.63, 3.8) is 0 Å². The number of hydrogen-bond acceptors (Lipinski definition) is 3. The minimum atomic E-state index is -0.440. The minimum absolute atomic E-state index is 0.0411. The van der Waals surface area contributed by atoms with Crippen LogP contribution in [0.1, 0.15) is 38.8 Å². The van der Waals surface area contributed by atoms with E-state index in [0.29, 0.717) is 0 Å². The first-order valence-corrected chi connectivity index (χ1v) is 6.02. The van der Waals surface area contributed by atoms with E-state index < -0.39 is 6.04 Å². The lowest BCUT2D eigenvalue weighted by molar-refractivity contribution is -0.124. The van der Waals surface area contributed by atoms with Gasteiger partial charge < -0.3 is 11.1 Å². The average Bonchev–Trinajstić information content (AvgIpc) is 2.37. The molecule has 17 heavy (non-hydrogen) atoms. The Morgan fingerprint density at radius 2 is 2.00 bits per heavy atom. The Labute approximate surface area is 103 Å². The molecule has 0 fully saturated rings. The molecule has 0 bridgehead atoms. The number of hydrogen-bond donors (Lipinski definition) is 2. The third kappa shape index (κ3) is 3.82. The Balaban J connectivity index is 2.57. The van der Waals surface area contributed by atoms with Gasteiger partial charge in [-0.25, -0.2) is 0 Å². The van der Waals surface area contributed by atoms with Gasteiger partial charge in [-0.2, -0.15) is 0 Å². The molecule has 1 amide bonds. The van der Waals surface area contributed by atoms with Crippen LogP contribution in [0.3, 0.4) is 0 Å². The van der Waals surface area contributed by atoms with Gasteiger partial charge in [-0.15, -0.1) is 0 Å². The largest absolute Gasteiger partial charge is 0.348 e.